The number of aromatic nitrogens is 1. The minimum Gasteiger partial charge on any atom is -0.404 e. The van der Waals surface area contributed by atoms with Crippen LogP contribution in [0.5, 0.6) is 0 Å². The van der Waals surface area contributed by atoms with Crippen LogP contribution < -0.4 is 5.73 Å². The van der Waals surface area contributed by atoms with Crippen LogP contribution in [0.1, 0.15) is 11.3 Å². The summed E-state index contributed by atoms with van der Waals surface area (Å²) in [7, 11) is 1.68. The number of allylic oxidation sites excluding steroid dienone is 1. The van der Waals surface area contributed by atoms with Gasteiger partial charge < -0.3 is 5.73 Å². The van der Waals surface area contributed by atoms with Crippen LogP contribution >= 0.6 is 11.6 Å². The Morgan fingerprint density at radius 1 is 1.57 bits per heavy atom. The minimum absolute atomic E-state index is 0.462. The van der Waals surface area contributed by atoms with E-state index < -0.39 is 0 Å². The smallest absolute Gasteiger partial charge is 0.130 e. The van der Waals surface area contributed by atoms with Crippen LogP contribution in [0, 0.1) is 6.92 Å². The number of aliphatic imine (C=N–C) groups is 1. The second kappa shape index (κ2) is 4.77. The van der Waals surface area contributed by atoms with Crippen LogP contribution in [0.15, 0.2) is 23.3 Å². The van der Waals surface area contributed by atoms with Crippen molar-refractivity contribution in [1.29, 1.82) is 0 Å². The maximum Gasteiger partial charge on any atom is 0.130 e. The number of nitrogens with zero attached hydrogens (tertiary/aromatic N) is 2. The molecule has 0 unspecified atom stereocenters. The number of halogens is 1. The highest BCUT2D eigenvalue weighted by atomic mass is 35.5. The Balaban J connectivity index is 3.17. The van der Waals surface area contributed by atoms with Gasteiger partial charge in [-0.05, 0) is 24.6 Å². The lowest BCUT2D eigenvalue weighted by molar-refractivity contribution is 1.25. The van der Waals surface area contributed by atoms with Crippen LogP contribution in [0.2, 0.25) is 5.15 Å². The summed E-state index contributed by atoms with van der Waals surface area (Å²) in [6.07, 6.45) is 3.11. The fraction of sp³-hybridized carbons (Fsp3) is 0.200. The zero-order chi connectivity index (χ0) is 10.6. The van der Waals surface area contributed by atoms with E-state index in [0.29, 0.717) is 5.15 Å². The molecule has 0 amide bonds. The molecule has 1 heterocycles. The third-order valence-electron chi connectivity index (χ3n) is 1.68. The van der Waals surface area contributed by atoms with Gasteiger partial charge in [0.15, 0.2) is 0 Å². The van der Waals surface area contributed by atoms with Crippen molar-refractivity contribution in [3.63, 3.8) is 0 Å². The van der Waals surface area contributed by atoms with Gasteiger partial charge in [-0.1, -0.05) is 11.6 Å². The van der Waals surface area contributed by atoms with Crippen molar-refractivity contribution >= 4 is 23.4 Å². The average molecular weight is 210 g/mol. The Kier molecular flexibility index (Phi) is 3.65. The summed E-state index contributed by atoms with van der Waals surface area (Å²) in [4.78, 5) is 8.04. The lowest BCUT2D eigenvalue weighted by atomic mass is 10.1. The third-order valence-corrected chi connectivity index (χ3v) is 1.88. The van der Waals surface area contributed by atoms with Crippen LogP contribution in [0.3, 0.4) is 0 Å². The third kappa shape index (κ3) is 2.57. The summed E-state index contributed by atoms with van der Waals surface area (Å²) in [5, 5.41) is 0.462. The van der Waals surface area contributed by atoms with Gasteiger partial charge in [0, 0.05) is 25.0 Å². The van der Waals surface area contributed by atoms with Crippen molar-refractivity contribution in [2.45, 2.75) is 6.92 Å². The first kappa shape index (κ1) is 10.7. The summed E-state index contributed by atoms with van der Waals surface area (Å²) in [5.74, 6) is 0. The fourth-order valence-electron chi connectivity index (χ4n) is 1.11. The molecule has 0 fully saturated rings. The largest absolute Gasteiger partial charge is 0.404 e. The van der Waals surface area contributed by atoms with Crippen molar-refractivity contribution < 1.29 is 0 Å². The predicted octanol–water partition coefficient (Wildman–Crippen LogP) is 2.04. The first-order valence-corrected chi connectivity index (χ1v) is 4.53. The summed E-state index contributed by atoms with van der Waals surface area (Å²) >= 11 is 5.83. The SMILES string of the molecule is CN=C/C(=C\N)c1cc(C)cc(Cl)n1. The number of hydrogen-bond donors (Lipinski definition) is 1. The second-order valence-corrected chi connectivity index (χ2v) is 3.25. The topological polar surface area (TPSA) is 51.3 Å². The molecule has 14 heavy (non-hydrogen) atoms. The Morgan fingerprint density at radius 2 is 2.29 bits per heavy atom. The van der Waals surface area contributed by atoms with Crippen molar-refractivity contribution in [3.05, 3.63) is 34.7 Å². The number of hydrogen-bond acceptors (Lipinski definition) is 3. The first-order valence-electron chi connectivity index (χ1n) is 4.16. The molecule has 1 rings (SSSR count). The van der Waals surface area contributed by atoms with E-state index in [2.05, 4.69) is 9.98 Å². The average Bonchev–Trinajstić information content (AvgIpc) is 2.12. The number of aryl methyl sites for hydroxylation is 1. The van der Waals surface area contributed by atoms with Crippen molar-refractivity contribution in [2.24, 2.45) is 10.7 Å². The molecule has 0 aliphatic carbocycles. The molecule has 0 bridgehead atoms. The van der Waals surface area contributed by atoms with E-state index in [1.165, 1.54) is 6.20 Å². The fourth-order valence-corrected chi connectivity index (χ4v) is 1.37. The van der Waals surface area contributed by atoms with Crippen LogP contribution in [0.4, 0.5) is 0 Å². The maximum absolute atomic E-state index is 5.83. The molecule has 1 aromatic rings. The summed E-state index contributed by atoms with van der Waals surface area (Å²) in [5.41, 5.74) is 8.00. The number of rotatable bonds is 2. The monoisotopic (exact) mass is 209 g/mol. The van der Waals surface area contributed by atoms with Crippen LogP contribution in [0.25, 0.3) is 5.57 Å². The molecule has 74 valence electrons. The van der Waals surface area contributed by atoms with Gasteiger partial charge in [-0.3, -0.25) is 4.99 Å². The Morgan fingerprint density at radius 3 is 2.79 bits per heavy atom. The Bertz CT molecular complexity index is 363. The highest BCUT2D eigenvalue weighted by Gasteiger charge is 2.02. The normalized spacial score (nSPS) is 12.4. The highest BCUT2D eigenvalue weighted by molar-refractivity contribution is 6.29. The molecule has 2 N–H and O–H groups in total. The van der Waals surface area contributed by atoms with E-state index in [4.69, 9.17) is 17.3 Å². The molecule has 0 saturated carbocycles. The molecule has 0 aliphatic heterocycles. The first-order chi connectivity index (χ1) is 6.67. The second-order valence-electron chi connectivity index (χ2n) is 2.86. The quantitative estimate of drug-likeness (QED) is 0.599. The molecule has 0 radical (unpaired) electrons. The minimum atomic E-state index is 0.462. The molecule has 0 aliphatic rings. The molecule has 4 heteroatoms. The summed E-state index contributed by atoms with van der Waals surface area (Å²) in [6, 6.07) is 3.70. The van der Waals surface area contributed by atoms with Crippen molar-refractivity contribution in [2.75, 3.05) is 7.05 Å². The highest BCUT2D eigenvalue weighted by Crippen LogP contribution is 2.15. The Labute approximate surface area is 88.3 Å². The number of pyridine rings is 1. The molecule has 0 spiro atoms. The van der Waals surface area contributed by atoms with E-state index in [1.807, 2.05) is 13.0 Å². The summed E-state index contributed by atoms with van der Waals surface area (Å²) < 4.78 is 0. The molecular weight excluding hydrogens is 198 g/mol. The summed E-state index contributed by atoms with van der Waals surface area (Å²) in [6.45, 7) is 1.95. The van der Waals surface area contributed by atoms with Gasteiger partial charge in [0.1, 0.15) is 5.15 Å². The lowest BCUT2D eigenvalue weighted by Gasteiger charge is -2.02. The van der Waals surface area contributed by atoms with Gasteiger partial charge >= 0.3 is 0 Å². The van der Waals surface area contributed by atoms with E-state index >= 15 is 0 Å². The molecule has 1 aromatic heterocycles. The Hall–Kier alpha value is -1.35. The molecule has 0 saturated heterocycles. The van der Waals surface area contributed by atoms with E-state index in [9.17, 15) is 0 Å². The van der Waals surface area contributed by atoms with Gasteiger partial charge in [0.05, 0.1) is 5.69 Å². The molecule has 0 aromatic carbocycles. The van der Waals surface area contributed by atoms with Gasteiger partial charge in [-0.2, -0.15) is 0 Å². The van der Waals surface area contributed by atoms with Crippen LogP contribution in [-0.2, 0) is 0 Å². The molecule has 0 atom stereocenters. The van der Waals surface area contributed by atoms with Gasteiger partial charge in [0.25, 0.3) is 0 Å². The van der Waals surface area contributed by atoms with Gasteiger partial charge in [-0.25, -0.2) is 4.98 Å². The van der Waals surface area contributed by atoms with Crippen molar-refractivity contribution in [1.82, 2.24) is 4.98 Å². The lowest BCUT2D eigenvalue weighted by Crippen LogP contribution is -1.95. The van der Waals surface area contributed by atoms with E-state index in [0.717, 1.165) is 16.8 Å². The predicted molar refractivity (Wildman–Crippen MR) is 60.6 cm³/mol. The zero-order valence-corrected chi connectivity index (χ0v) is 8.92. The van der Waals surface area contributed by atoms with Crippen LogP contribution in [-0.4, -0.2) is 18.2 Å². The van der Waals surface area contributed by atoms with Crippen molar-refractivity contribution in [3.8, 4) is 0 Å². The maximum atomic E-state index is 5.83. The molecule has 3 nitrogen and oxygen atoms in total. The van der Waals surface area contributed by atoms with E-state index in [1.54, 1.807) is 19.3 Å². The van der Waals surface area contributed by atoms with Gasteiger partial charge in [-0.15, -0.1) is 0 Å². The van der Waals surface area contributed by atoms with E-state index in [-0.39, 0.29) is 0 Å². The zero-order valence-electron chi connectivity index (χ0n) is 8.16. The standard InChI is InChI=1S/C10H12ClN3/c1-7-3-9(14-10(11)4-7)8(5-12)6-13-2/h3-6H,12H2,1-2H3/b8-5+,13-6?. The van der Waals surface area contributed by atoms with Gasteiger partial charge in [0.2, 0.25) is 0 Å². The molecular formula is C10H12ClN3. The number of nitrogens with two attached hydrogens (primary N) is 1.